The number of rotatable bonds is 9. The number of ether oxygens (including phenoxy) is 1. The third-order valence-corrected chi connectivity index (χ3v) is 6.85. The van der Waals surface area contributed by atoms with Crippen molar-refractivity contribution >= 4 is 5.97 Å². The molecule has 0 heterocycles. The molecule has 1 unspecified atom stereocenters. The lowest BCUT2D eigenvalue weighted by Gasteiger charge is -2.30. The summed E-state index contributed by atoms with van der Waals surface area (Å²) in [4.78, 5) is 12.5. The fraction of sp³-hybridized carbons (Fsp3) is 0.536. The third-order valence-electron chi connectivity index (χ3n) is 6.85. The van der Waals surface area contributed by atoms with Crippen LogP contribution < -0.4 is 4.74 Å². The van der Waals surface area contributed by atoms with E-state index in [2.05, 4.69) is 45.0 Å². The second-order valence-electron chi connectivity index (χ2n) is 9.23. The molecule has 1 fully saturated rings. The Morgan fingerprint density at radius 3 is 2.23 bits per heavy atom. The highest BCUT2D eigenvalue weighted by atomic mass is 16.5. The molecule has 0 bridgehead atoms. The van der Waals surface area contributed by atoms with Gasteiger partial charge in [-0.05, 0) is 98.1 Å². The van der Waals surface area contributed by atoms with E-state index in [9.17, 15) is 4.79 Å². The van der Waals surface area contributed by atoms with Crippen LogP contribution in [0.15, 0.2) is 48.5 Å². The first-order valence-corrected chi connectivity index (χ1v) is 12.0. The van der Waals surface area contributed by atoms with Crippen molar-refractivity contribution in [1.82, 2.24) is 0 Å². The van der Waals surface area contributed by atoms with Gasteiger partial charge in [-0.2, -0.15) is 0 Å². The molecule has 0 spiro atoms. The molecule has 0 radical (unpaired) electrons. The van der Waals surface area contributed by atoms with Crippen LogP contribution in [0.2, 0.25) is 0 Å². The lowest BCUT2D eigenvalue weighted by molar-refractivity contribution is 0.0734. The summed E-state index contributed by atoms with van der Waals surface area (Å²) >= 11 is 0. The summed E-state index contributed by atoms with van der Waals surface area (Å²) in [6.07, 6.45) is 11.3. The summed E-state index contributed by atoms with van der Waals surface area (Å²) in [6, 6.07) is 16.0. The second-order valence-corrected chi connectivity index (χ2v) is 9.23. The Morgan fingerprint density at radius 1 is 0.967 bits per heavy atom. The van der Waals surface area contributed by atoms with Gasteiger partial charge in [0.2, 0.25) is 0 Å². The highest BCUT2D eigenvalue weighted by Crippen LogP contribution is 2.38. The number of aryl methyl sites for hydroxylation is 1. The summed E-state index contributed by atoms with van der Waals surface area (Å²) in [5.41, 5.74) is 3.29. The molecule has 0 amide bonds. The lowest BCUT2D eigenvalue weighted by atomic mass is 9.75. The van der Waals surface area contributed by atoms with Gasteiger partial charge in [-0.3, -0.25) is 0 Å². The van der Waals surface area contributed by atoms with Crippen LogP contribution in [-0.2, 0) is 6.42 Å². The molecule has 162 valence electrons. The summed E-state index contributed by atoms with van der Waals surface area (Å²) in [7, 11) is 0. The van der Waals surface area contributed by atoms with Crippen molar-refractivity contribution in [2.24, 2.45) is 11.8 Å². The van der Waals surface area contributed by atoms with Crippen molar-refractivity contribution in [3.8, 4) is 5.75 Å². The van der Waals surface area contributed by atoms with E-state index in [0.29, 0.717) is 17.2 Å². The van der Waals surface area contributed by atoms with E-state index >= 15 is 0 Å². The number of esters is 1. The minimum absolute atomic E-state index is 0.278. The maximum atomic E-state index is 12.5. The molecular weight excluding hydrogens is 368 g/mol. The predicted molar refractivity (Wildman–Crippen MR) is 125 cm³/mol. The van der Waals surface area contributed by atoms with E-state index in [1.807, 2.05) is 24.3 Å². The van der Waals surface area contributed by atoms with Crippen molar-refractivity contribution in [3.05, 3.63) is 65.2 Å². The highest BCUT2D eigenvalue weighted by molar-refractivity contribution is 5.91. The van der Waals surface area contributed by atoms with E-state index in [-0.39, 0.29) is 5.97 Å². The molecule has 1 saturated carbocycles. The second kappa shape index (κ2) is 11.3. The van der Waals surface area contributed by atoms with Gasteiger partial charge in [0.25, 0.3) is 0 Å². The van der Waals surface area contributed by atoms with Gasteiger partial charge in [0.05, 0.1) is 5.56 Å². The van der Waals surface area contributed by atoms with Crippen LogP contribution in [-0.4, -0.2) is 5.97 Å². The van der Waals surface area contributed by atoms with Crippen LogP contribution >= 0.6 is 0 Å². The van der Waals surface area contributed by atoms with Crippen molar-refractivity contribution in [1.29, 1.82) is 0 Å². The normalized spacial score (nSPS) is 20.0. The summed E-state index contributed by atoms with van der Waals surface area (Å²) in [6.45, 7) is 6.87. The first-order chi connectivity index (χ1) is 14.6. The first-order valence-electron chi connectivity index (χ1n) is 12.0. The number of unbranched alkanes of at least 4 members (excludes halogenated alkanes) is 1. The molecule has 2 heteroatoms. The Balaban J connectivity index is 1.51. The molecule has 2 aromatic rings. The molecule has 30 heavy (non-hydrogen) atoms. The third kappa shape index (κ3) is 6.45. The largest absolute Gasteiger partial charge is 0.423 e. The SMILES string of the molecule is CCCCc1ccc(OC(=O)c2ccc(C3CCC(CC(C)CC)CC3)cc2)cc1. The number of benzene rings is 2. The van der Waals surface area contributed by atoms with E-state index in [1.165, 1.54) is 62.5 Å². The van der Waals surface area contributed by atoms with Gasteiger partial charge in [0.15, 0.2) is 0 Å². The quantitative estimate of drug-likeness (QED) is 0.312. The van der Waals surface area contributed by atoms with E-state index in [0.717, 1.165) is 18.3 Å². The zero-order valence-electron chi connectivity index (χ0n) is 19.0. The minimum Gasteiger partial charge on any atom is -0.423 e. The fourth-order valence-corrected chi connectivity index (χ4v) is 4.63. The predicted octanol–water partition coefficient (Wildman–Crippen LogP) is 7.96. The van der Waals surface area contributed by atoms with Gasteiger partial charge >= 0.3 is 5.97 Å². The van der Waals surface area contributed by atoms with E-state index in [1.54, 1.807) is 0 Å². The Kier molecular flexibility index (Phi) is 8.54. The average Bonchev–Trinajstić information content (AvgIpc) is 2.79. The zero-order valence-corrected chi connectivity index (χ0v) is 19.0. The van der Waals surface area contributed by atoms with E-state index < -0.39 is 0 Å². The van der Waals surface area contributed by atoms with Crippen molar-refractivity contribution in [2.45, 2.75) is 84.5 Å². The smallest absolute Gasteiger partial charge is 0.343 e. The molecule has 1 aliphatic rings. The maximum absolute atomic E-state index is 12.5. The molecule has 1 atom stereocenters. The average molecular weight is 407 g/mol. The topological polar surface area (TPSA) is 26.3 Å². The number of hydrogen-bond acceptors (Lipinski definition) is 2. The lowest BCUT2D eigenvalue weighted by Crippen LogP contribution is -2.16. The maximum Gasteiger partial charge on any atom is 0.343 e. The molecule has 0 aromatic heterocycles. The number of carbonyl (C=O) groups is 1. The Morgan fingerprint density at radius 2 is 1.63 bits per heavy atom. The van der Waals surface area contributed by atoms with Gasteiger partial charge in [-0.15, -0.1) is 0 Å². The van der Waals surface area contributed by atoms with Gasteiger partial charge in [0.1, 0.15) is 5.75 Å². The van der Waals surface area contributed by atoms with Gasteiger partial charge in [-0.25, -0.2) is 4.79 Å². The van der Waals surface area contributed by atoms with Gasteiger partial charge < -0.3 is 4.74 Å². The van der Waals surface area contributed by atoms with Gasteiger partial charge in [-0.1, -0.05) is 57.9 Å². The molecule has 0 saturated heterocycles. The van der Waals surface area contributed by atoms with Crippen LogP contribution in [0.1, 0.15) is 99.5 Å². The van der Waals surface area contributed by atoms with Crippen LogP contribution in [0.3, 0.4) is 0 Å². The summed E-state index contributed by atoms with van der Waals surface area (Å²) in [5.74, 6) is 2.73. The van der Waals surface area contributed by atoms with Crippen LogP contribution in [0.5, 0.6) is 5.75 Å². The fourth-order valence-electron chi connectivity index (χ4n) is 4.63. The molecule has 3 rings (SSSR count). The monoisotopic (exact) mass is 406 g/mol. The Labute approximate surface area is 183 Å². The molecule has 0 N–H and O–H groups in total. The summed E-state index contributed by atoms with van der Waals surface area (Å²) < 4.78 is 5.57. The van der Waals surface area contributed by atoms with Crippen molar-refractivity contribution < 1.29 is 9.53 Å². The molecular formula is C28H38O2. The van der Waals surface area contributed by atoms with Gasteiger partial charge in [0, 0.05) is 0 Å². The summed E-state index contributed by atoms with van der Waals surface area (Å²) in [5, 5.41) is 0. The van der Waals surface area contributed by atoms with E-state index in [4.69, 9.17) is 4.74 Å². The Bertz CT molecular complexity index is 767. The standard InChI is InChI=1S/C28H38O2/c1-4-6-7-22-10-18-27(19-11-22)30-28(29)26-16-14-25(15-17-26)24-12-8-23(9-13-24)20-21(3)5-2/h10-11,14-19,21,23-24H,4-9,12-13,20H2,1-3H3. The number of hydrogen-bond donors (Lipinski definition) is 0. The minimum atomic E-state index is -0.278. The van der Waals surface area contributed by atoms with Crippen LogP contribution in [0.4, 0.5) is 0 Å². The van der Waals surface area contributed by atoms with Crippen molar-refractivity contribution in [2.75, 3.05) is 0 Å². The number of carbonyl (C=O) groups excluding carboxylic acids is 1. The Hall–Kier alpha value is -2.09. The van der Waals surface area contributed by atoms with Crippen LogP contribution in [0.25, 0.3) is 0 Å². The molecule has 1 aliphatic carbocycles. The van der Waals surface area contributed by atoms with Crippen molar-refractivity contribution in [3.63, 3.8) is 0 Å². The zero-order chi connectivity index (χ0) is 21.3. The molecule has 2 aromatic carbocycles. The molecule has 0 aliphatic heterocycles. The van der Waals surface area contributed by atoms with Crippen LogP contribution in [0, 0.1) is 11.8 Å². The molecule has 2 nitrogen and oxygen atoms in total. The first kappa shape index (κ1) is 22.6. The highest BCUT2D eigenvalue weighted by Gasteiger charge is 2.23.